The average molecular weight is 339 g/mol. The molecule has 0 spiro atoms. The zero-order chi connectivity index (χ0) is 17.1. The molecule has 2 aromatic heterocycles. The monoisotopic (exact) mass is 339 g/mol. The third kappa shape index (κ3) is 3.70. The number of benzene rings is 1. The van der Waals surface area contributed by atoms with Gasteiger partial charge in [-0.05, 0) is 31.4 Å². The molecule has 9 heteroatoms. The van der Waals surface area contributed by atoms with E-state index in [4.69, 9.17) is 4.52 Å². The van der Waals surface area contributed by atoms with Gasteiger partial charge in [0.2, 0.25) is 11.7 Å². The van der Waals surface area contributed by atoms with Crippen LogP contribution >= 0.6 is 0 Å². The van der Waals surface area contributed by atoms with Crippen LogP contribution in [0.15, 0.2) is 28.8 Å². The van der Waals surface area contributed by atoms with E-state index in [1.807, 2.05) is 12.1 Å². The van der Waals surface area contributed by atoms with Crippen molar-refractivity contribution in [3.63, 3.8) is 0 Å². The summed E-state index contributed by atoms with van der Waals surface area (Å²) in [6.45, 7) is 0.546. The van der Waals surface area contributed by atoms with Crippen LogP contribution in [0.5, 0.6) is 0 Å². The minimum Gasteiger partial charge on any atom is -0.352 e. The summed E-state index contributed by atoms with van der Waals surface area (Å²) in [6, 6.07) is 7.18. The van der Waals surface area contributed by atoms with Gasteiger partial charge in [-0.25, -0.2) is 0 Å². The third-order valence-electron chi connectivity index (χ3n) is 4.03. The number of aromatic amines is 1. The second-order valence-corrected chi connectivity index (χ2v) is 6.00. The summed E-state index contributed by atoms with van der Waals surface area (Å²) in [5.74, 6) is 2.22. The van der Waals surface area contributed by atoms with E-state index in [1.165, 1.54) is 0 Å². The largest absolute Gasteiger partial charge is 0.352 e. The van der Waals surface area contributed by atoms with E-state index >= 15 is 0 Å². The lowest BCUT2D eigenvalue weighted by Crippen LogP contribution is -2.24. The Morgan fingerprint density at radius 1 is 1.28 bits per heavy atom. The van der Waals surface area contributed by atoms with Gasteiger partial charge in [-0.1, -0.05) is 22.5 Å². The van der Waals surface area contributed by atoms with Gasteiger partial charge < -0.3 is 9.84 Å². The smallest absolute Gasteiger partial charge is 0.251 e. The van der Waals surface area contributed by atoms with Gasteiger partial charge in [0, 0.05) is 30.0 Å². The van der Waals surface area contributed by atoms with Crippen molar-refractivity contribution < 1.29 is 9.32 Å². The van der Waals surface area contributed by atoms with Gasteiger partial charge >= 0.3 is 0 Å². The van der Waals surface area contributed by atoms with E-state index in [2.05, 4.69) is 36.1 Å². The number of aromatic nitrogens is 6. The van der Waals surface area contributed by atoms with E-state index < -0.39 is 0 Å². The Balaban J connectivity index is 1.30. The molecule has 9 nitrogen and oxygen atoms in total. The molecule has 0 unspecified atom stereocenters. The van der Waals surface area contributed by atoms with Crippen LogP contribution in [0.1, 0.15) is 47.3 Å². The number of rotatable bonds is 7. The number of H-pyrrole nitrogens is 1. The van der Waals surface area contributed by atoms with Gasteiger partial charge in [-0.2, -0.15) is 10.2 Å². The first kappa shape index (κ1) is 15.4. The van der Waals surface area contributed by atoms with Crippen molar-refractivity contribution in [2.24, 2.45) is 0 Å². The van der Waals surface area contributed by atoms with Gasteiger partial charge in [-0.15, -0.1) is 10.2 Å². The molecule has 1 amide bonds. The predicted octanol–water partition coefficient (Wildman–Crippen LogP) is 1.49. The van der Waals surface area contributed by atoms with Crippen molar-refractivity contribution in [3.05, 3.63) is 41.5 Å². The fourth-order valence-electron chi connectivity index (χ4n) is 2.46. The van der Waals surface area contributed by atoms with Crippen LogP contribution in [0.3, 0.4) is 0 Å². The zero-order valence-electron chi connectivity index (χ0n) is 13.5. The maximum Gasteiger partial charge on any atom is 0.251 e. The molecule has 1 aliphatic carbocycles. The predicted molar refractivity (Wildman–Crippen MR) is 86.5 cm³/mol. The highest BCUT2D eigenvalue weighted by Gasteiger charge is 2.29. The summed E-state index contributed by atoms with van der Waals surface area (Å²) in [6.07, 6.45) is 3.65. The quantitative estimate of drug-likeness (QED) is 0.625. The van der Waals surface area contributed by atoms with Crippen molar-refractivity contribution in [1.82, 2.24) is 36.1 Å². The van der Waals surface area contributed by atoms with Crippen LogP contribution in [-0.2, 0) is 6.42 Å². The number of nitrogens with zero attached hydrogens (tertiary/aromatic N) is 5. The van der Waals surface area contributed by atoms with Crippen LogP contribution in [0.25, 0.3) is 11.4 Å². The summed E-state index contributed by atoms with van der Waals surface area (Å²) in [7, 11) is 0. The Hall–Kier alpha value is -3.10. The van der Waals surface area contributed by atoms with Crippen LogP contribution < -0.4 is 5.32 Å². The fraction of sp³-hybridized carbons (Fsp3) is 0.375. The summed E-state index contributed by atoms with van der Waals surface area (Å²) < 4.78 is 5.26. The van der Waals surface area contributed by atoms with E-state index in [1.54, 1.807) is 12.1 Å². The van der Waals surface area contributed by atoms with Crippen LogP contribution in [0.4, 0.5) is 0 Å². The van der Waals surface area contributed by atoms with Crippen LogP contribution in [0, 0.1) is 0 Å². The molecule has 1 saturated carbocycles. The molecule has 128 valence electrons. The van der Waals surface area contributed by atoms with Crippen LogP contribution in [0.2, 0.25) is 0 Å². The number of hydrogen-bond acceptors (Lipinski definition) is 7. The van der Waals surface area contributed by atoms with Crippen molar-refractivity contribution >= 4 is 5.91 Å². The molecule has 0 saturated heterocycles. The molecule has 1 fully saturated rings. The topological polar surface area (TPSA) is 122 Å². The van der Waals surface area contributed by atoms with Crippen LogP contribution in [-0.4, -0.2) is 43.2 Å². The van der Waals surface area contributed by atoms with E-state index in [-0.39, 0.29) is 5.91 Å². The SMILES string of the molecule is O=C(NCCCc1nn[nH]n1)c1ccc(-c2noc(C3CC3)n2)cc1. The molecule has 2 N–H and O–H groups in total. The highest BCUT2D eigenvalue weighted by molar-refractivity contribution is 5.94. The fourth-order valence-corrected chi connectivity index (χ4v) is 2.46. The highest BCUT2D eigenvalue weighted by Crippen LogP contribution is 2.39. The molecule has 1 aliphatic rings. The molecule has 2 heterocycles. The third-order valence-corrected chi connectivity index (χ3v) is 4.03. The molecule has 0 radical (unpaired) electrons. The highest BCUT2D eigenvalue weighted by atomic mass is 16.5. The Morgan fingerprint density at radius 3 is 2.84 bits per heavy atom. The molecule has 0 atom stereocenters. The first-order chi connectivity index (χ1) is 12.3. The lowest BCUT2D eigenvalue weighted by atomic mass is 10.1. The number of carbonyl (C=O) groups is 1. The summed E-state index contributed by atoms with van der Waals surface area (Å²) in [5, 5.41) is 20.5. The first-order valence-corrected chi connectivity index (χ1v) is 8.24. The number of carbonyl (C=O) groups excluding carboxylic acids is 1. The minimum absolute atomic E-state index is 0.119. The lowest BCUT2D eigenvalue weighted by molar-refractivity contribution is 0.0953. The maximum absolute atomic E-state index is 12.1. The zero-order valence-corrected chi connectivity index (χ0v) is 13.5. The Bertz CT molecular complexity index is 838. The summed E-state index contributed by atoms with van der Waals surface area (Å²) >= 11 is 0. The molecular formula is C16H17N7O2. The Kier molecular flexibility index (Phi) is 4.19. The first-order valence-electron chi connectivity index (χ1n) is 8.24. The minimum atomic E-state index is -0.119. The average Bonchev–Trinajstić information content (AvgIpc) is 3.15. The molecule has 3 aromatic rings. The molecule has 1 aromatic carbocycles. The van der Waals surface area contributed by atoms with Gasteiger partial charge in [0.15, 0.2) is 5.82 Å². The molecule has 4 rings (SSSR count). The number of aryl methyl sites for hydroxylation is 1. The van der Waals surface area contributed by atoms with Gasteiger partial charge in [-0.3, -0.25) is 4.79 Å². The number of amides is 1. The van der Waals surface area contributed by atoms with E-state index in [9.17, 15) is 4.79 Å². The second-order valence-electron chi connectivity index (χ2n) is 6.00. The van der Waals surface area contributed by atoms with Crippen molar-refractivity contribution in [3.8, 4) is 11.4 Å². The Labute approximate surface area is 143 Å². The van der Waals surface area contributed by atoms with Crippen molar-refractivity contribution in [2.45, 2.75) is 31.6 Å². The second kappa shape index (κ2) is 6.80. The normalized spacial score (nSPS) is 13.8. The van der Waals surface area contributed by atoms with Crippen molar-refractivity contribution in [1.29, 1.82) is 0 Å². The lowest BCUT2D eigenvalue weighted by Gasteiger charge is -2.04. The van der Waals surface area contributed by atoms with Gasteiger partial charge in [0.1, 0.15) is 0 Å². The maximum atomic E-state index is 12.1. The molecule has 0 aliphatic heterocycles. The number of nitrogens with one attached hydrogen (secondary N) is 2. The number of hydrogen-bond donors (Lipinski definition) is 2. The Morgan fingerprint density at radius 2 is 2.12 bits per heavy atom. The summed E-state index contributed by atoms with van der Waals surface area (Å²) in [4.78, 5) is 16.5. The number of tetrazole rings is 1. The standard InChI is InChI=1S/C16H17N7O2/c24-15(17-9-1-2-13-19-22-23-20-13)11-5-3-10(4-6-11)14-18-16(25-21-14)12-7-8-12/h3-6,12H,1-2,7-9H2,(H,17,24)(H,19,20,22,23). The summed E-state index contributed by atoms with van der Waals surface area (Å²) in [5.41, 5.74) is 1.43. The molecule has 25 heavy (non-hydrogen) atoms. The van der Waals surface area contributed by atoms with Gasteiger partial charge in [0.25, 0.3) is 5.91 Å². The van der Waals surface area contributed by atoms with E-state index in [0.29, 0.717) is 42.0 Å². The molecule has 0 bridgehead atoms. The van der Waals surface area contributed by atoms with Crippen molar-refractivity contribution in [2.75, 3.05) is 6.54 Å². The van der Waals surface area contributed by atoms with E-state index in [0.717, 1.165) is 24.8 Å². The molecular weight excluding hydrogens is 322 g/mol. The van der Waals surface area contributed by atoms with Gasteiger partial charge in [0.05, 0.1) is 0 Å².